The molecule has 0 amide bonds. The van der Waals surface area contributed by atoms with Crippen molar-refractivity contribution in [3.05, 3.63) is 22.7 Å². The molecule has 0 aliphatic carbocycles. The highest BCUT2D eigenvalue weighted by atomic mass is 35.5. The first kappa shape index (κ1) is 10.3. The zero-order valence-corrected chi connectivity index (χ0v) is 9.08. The number of fused-ring (bicyclic) bond motifs is 1. The maximum absolute atomic E-state index is 10.5. The molecule has 0 aromatic heterocycles. The largest absolute Gasteiger partial charge is 0.454 e. The third-order valence-corrected chi connectivity index (χ3v) is 2.66. The number of carbonyl (C=O) groups is 1. The highest BCUT2D eigenvalue weighted by Gasteiger charge is 2.22. The van der Waals surface area contributed by atoms with Gasteiger partial charge in [-0.15, -0.1) is 0 Å². The quantitative estimate of drug-likeness (QED) is 0.744. The number of aldehydes is 1. The van der Waals surface area contributed by atoms with Gasteiger partial charge in [-0.1, -0.05) is 18.5 Å². The Morgan fingerprint density at radius 3 is 3.07 bits per heavy atom. The van der Waals surface area contributed by atoms with E-state index in [0.29, 0.717) is 22.9 Å². The molecular weight excluding hydrogens is 216 g/mol. The molecule has 4 heteroatoms. The second kappa shape index (κ2) is 4.11. The van der Waals surface area contributed by atoms with Crippen LogP contribution in [0.2, 0.25) is 5.02 Å². The van der Waals surface area contributed by atoms with Gasteiger partial charge in [0.05, 0.1) is 0 Å². The molecule has 1 aliphatic heterocycles. The van der Waals surface area contributed by atoms with Crippen molar-refractivity contribution in [1.29, 1.82) is 0 Å². The lowest BCUT2D eigenvalue weighted by molar-refractivity contribution is -0.108. The molecule has 0 saturated heterocycles. The molecule has 2 rings (SSSR count). The van der Waals surface area contributed by atoms with Gasteiger partial charge in [0.25, 0.3) is 0 Å². The number of halogens is 1. The lowest BCUT2D eigenvalue weighted by atomic mass is 9.97. The van der Waals surface area contributed by atoms with Crippen molar-refractivity contribution in [2.24, 2.45) is 0 Å². The van der Waals surface area contributed by atoms with Crippen LogP contribution in [0.5, 0.6) is 11.5 Å². The molecule has 1 aliphatic rings. The lowest BCUT2D eigenvalue weighted by Gasteiger charge is -2.11. The van der Waals surface area contributed by atoms with E-state index in [-0.39, 0.29) is 12.7 Å². The maximum atomic E-state index is 10.5. The summed E-state index contributed by atoms with van der Waals surface area (Å²) in [5.74, 6) is 1.47. The van der Waals surface area contributed by atoms with Crippen LogP contribution >= 0.6 is 11.6 Å². The van der Waals surface area contributed by atoms with Gasteiger partial charge in [-0.2, -0.15) is 0 Å². The summed E-state index contributed by atoms with van der Waals surface area (Å²) < 4.78 is 10.6. The van der Waals surface area contributed by atoms with Crippen molar-refractivity contribution >= 4 is 17.9 Å². The van der Waals surface area contributed by atoms with Crippen molar-refractivity contribution in [2.45, 2.75) is 19.3 Å². The van der Waals surface area contributed by atoms with Crippen molar-refractivity contribution in [3.63, 3.8) is 0 Å². The first-order valence-corrected chi connectivity index (χ1v) is 5.13. The Morgan fingerprint density at radius 2 is 2.33 bits per heavy atom. The van der Waals surface area contributed by atoms with Gasteiger partial charge in [-0.3, -0.25) is 0 Å². The minimum atomic E-state index is 0.0941. The molecule has 3 nitrogen and oxygen atoms in total. The Hall–Kier alpha value is -1.22. The zero-order valence-electron chi connectivity index (χ0n) is 8.33. The summed E-state index contributed by atoms with van der Waals surface area (Å²) in [6.45, 7) is 2.18. The van der Waals surface area contributed by atoms with E-state index in [1.165, 1.54) is 0 Å². The average Bonchev–Trinajstić information content (AvgIpc) is 2.64. The van der Waals surface area contributed by atoms with Crippen LogP contribution in [0.3, 0.4) is 0 Å². The fourth-order valence-electron chi connectivity index (χ4n) is 1.64. The number of benzene rings is 1. The Bertz CT molecular complexity index is 390. The summed E-state index contributed by atoms with van der Waals surface area (Å²) in [6, 6.07) is 3.55. The molecule has 0 bridgehead atoms. The van der Waals surface area contributed by atoms with Crippen LogP contribution in [0.1, 0.15) is 24.8 Å². The Morgan fingerprint density at radius 1 is 1.53 bits per heavy atom. The zero-order chi connectivity index (χ0) is 10.8. The minimum Gasteiger partial charge on any atom is -0.454 e. The summed E-state index contributed by atoms with van der Waals surface area (Å²) in [4.78, 5) is 10.5. The van der Waals surface area contributed by atoms with Crippen molar-refractivity contribution in [3.8, 4) is 11.5 Å². The summed E-state index contributed by atoms with van der Waals surface area (Å²) in [5.41, 5.74) is 0.933. The van der Waals surface area contributed by atoms with Crippen LogP contribution in [-0.4, -0.2) is 13.1 Å². The summed E-state index contributed by atoms with van der Waals surface area (Å²) in [7, 11) is 0. The average molecular weight is 227 g/mol. The molecular formula is C11H11ClO3. The maximum Gasteiger partial charge on any atom is 0.231 e. The van der Waals surface area contributed by atoms with Gasteiger partial charge >= 0.3 is 0 Å². The van der Waals surface area contributed by atoms with Crippen LogP contribution in [0.25, 0.3) is 0 Å². The Kier molecular flexibility index (Phi) is 2.82. The van der Waals surface area contributed by atoms with E-state index in [0.717, 1.165) is 11.8 Å². The molecule has 1 aromatic rings. The topological polar surface area (TPSA) is 35.5 Å². The summed E-state index contributed by atoms with van der Waals surface area (Å²) in [6.07, 6.45) is 1.35. The second-order valence-corrected chi connectivity index (χ2v) is 3.97. The van der Waals surface area contributed by atoms with E-state index in [1.54, 1.807) is 6.07 Å². The van der Waals surface area contributed by atoms with Gasteiger partial charge in [0.1, 0.15) is 6.29 Å². The molecule has 80 valence electrons. The van der Waals surface area contributed by atoms with Crippen LogP contribution in [-0.2, 0) is 4.79 Å². The third kappa shape index (κ3) is 1.92. The molecule has 1 heterocycles. The first-order chi connectivity index (χ1) is 7.22. The standard InChI is InChI=1S/C11H11ClO3/c1-7(2-3-13)9-4-8(12)5-10-11(9)15-6-14-10/h3-5,7H,2,6H2,1H3. The summed E-state index contributed by atoms with van der Waals surface area (Å²) in [5, 5.41) is 0.604. The van der Waals surface area contributed by atoms with Crippen LogP contribution in [0.15, 0.2) is 12.1 Å². The number of rotatable bonds is 3. The smallest absolute Gasteiger partial charge is 0.231 e. The number of ether oxygens (including phenoxy) is 2. The van der Waals surface area contributed by atoms with E-state index in [4.69, 9.17) is 21.1 Å². The van der Waals surface area contributed by atoms with Crippen molar-refractivity contribution in [2.75, 3.05) is 6.79 Å². The Labute approximate surface area is 92.9 Å². The molecule has 0 fully saturated rings. The first-order valence-electron chi connectivity index (χ1n) is 4.75. The monoisotopic (exact) mass is 226 g/mol. The minimum absolute atomic E-state index is 0.0941. The molecule has 0 N–H and O–H groups in total. The van der Waals surface area contributed by atoms with Crippen molar-refractivity contribution < 1.29 is 14.3 Å². The normalized spacial score (nSPS) is 15.1. The number of hydrogen-bond donors (Lipinski definition) is 0. The number of hydrogen-bond acceptors (Lipinski definition) is 3. The fourth-order valence-corrected chi connectivity index (χ4v) is 1.86. The molecule has 0 radical (unpaired) electrons. The molecule has 1 atom stereocenters. The van der Waals surface area contributed by atoms with E-state index >= 15 is 0 Å². The van der Waals surface area contributed by atoms with Gasteiger partial charge < -0.3 is 14.3 Å². The van der Waals surface area contributed by atoms with Gasteiger partial charge in [0.2, 0.25) is 6.79 Å². The fraction of sp³-hybridized carbons (Fsp3) is 0.364. The third-order valence-electron chi connectivity index (χ3n) is 2.45. The van der Waals surface area contributed by atoms with Gasteiger partial charge in [0, 0.05) is 23.1 Å². The van der Waals surface area contributed by atoms with Gasteiger partial charge in [0.15, 0.2) is 11.5 Å². The lowest BCUT2D eigenvalue weighted by Crippen LogP contribution is -1.98. The van der Waals surface area contributed by atoms with E-state index in [1.807, 2.05) is 13.0 Å². The van der Waals surface area contributed by atoms with Crippen LogP contribution < -0.4 is 9.47 Å². The molecule has 0 saturated carbocycles. The Balaban J connectivity index is 2.41. The highest BCUT2D eigenvalue weighted by Crippen LogP contribution is 2.42. The predicted molar refractivity (Wildman–Crippen MR) is 56.7 cm³/mol. The SMILES string of the molecule is CC(CC=O)c1cc(Cl)cc2c1OCO2. The van der Waals surface area contributed by atoms with Gasteiger partial charge in [-0.05, 0) is 12.0 Å². The van der Waals surface area contributed by atoms with E-state index in [2.05, 4.69) is 0 Å². The van der Waals surface area contributed by atoms with E-state index in [9.17, 15) is 4.79 Å². The molecule has 15 heavy (non-hydrogen) atoms. The molecule has 0 spiro atoms. The second-order valence-electron chi connectivity index (χ2n) is 3.53. The van der Waals surface area contributed by atoms with Crippen LogP contribution in [0.4, 0.5) is 0 Å². The predicted octanol–water partition coefficient (Wildman–Crippen LogP) is 2.76. The van der Waals surface area contributed by atoms with Crippen LogP contribution in [0, 0.1) is 0 Å². The molecule has 1 aromatic carbocycles. The summed E-state index contributed by atoms with van der Waals surface area (Å²) >= 11 is 5.95. The van der Waals surface area contributed by atoms with Crippen molar-refractivity contribution in [1.82, 2.24) is 0 Å². The van der Waals surface area contributed by atoms with E-state index < -0.39 is 0 Å². The number of carbonyl (C=O) groups excluding carboxylic acids is 1. The molecule has 1 unspecified atom stereocenters. The highest BCUT2D eigenvalue weighted by molar-refractivity contribution is 6.30. The van der Waals surface area contributed by atoms with Gasteiger partial charge in [-0.25, -0.2) is 0 Å².